The van der Waals surface area contributed by atoms with Gasteiger partial charge in [-0.05, 0) is 42.5 Å². The lowest BCUT2D eigenvalue weighted by atomic mass is 9.78. The Bertz CT molecular complexity index is 734. The van der Waals surface area contributed by atoms with Gasteiger partial charge in [0.05, 0.1) is 5.56 Å². The van der Waals surface area contributed by atoms with Crippen LogP contribution in [0.25, 0.3) is 0 Å². The van der Waals surface area contributed by atoms with E-state index in [4.69, 9.17) is 4.74 Å². The Morgan fingerprint density at radius 2 is 1.76 bits per heavy atom. The predicted molar refractivity (Wildman–Crippen MR) is 98.8 cm³/mol. The number of hydrogen-bond donors (Lipinski definition) is 2. The van der Waals surface area contributed by atoms with E-state index in [0.717, 1.165) is 43.5 Å². The minimum Gasteiger partial charge on any atom is -0.454 e. The van der Waals surface area contributed by atoms with Crippen molar-refractivity contribution in [3.05, 3.63) is 35.4 Å². The highest BCUT2D eigenvalue weighted by Gasteiger charge is 2.30. The fourth-order valence-corrected chi connectivity index (χ4v) is 3.30. The third-order valence-corrected chi connectivity index (χ3v) is 5.29. The molecule has 1 aromatic carbocycles. The van der Waals surface area contributed by atoms with Crippen LogP contribution in [-0.2, 0) is 20.5 Å². The number of amides is 2. The molecule has 1 fully saturated rings. The lowest BCUT2D eigenvalue weighted by molar-refractivity contribution is -0.147. The Kier molecular flexibility index (Phi) is 7.64. The Hall–Kier alpha value is -2.58. The monoisotopic (exact) mass is 414 g/mol. The lowest BCUT2D eigenvalue weighted by Crippen LogP contribution is -2.45. The van der Waals surface area contributed by atoms with Crippen molar-refractivity contribution in [3.8, 4) is 0 Å². The fourth-order valence-electron chi connectivity index (χ4n) is 3.30. The molecule has 6 nitrogen and oxygen atoms in total. The Morgan fingerprint density at radius 1 is 1.10 bits per heavy atom. The highest BCUT2D eigenvalue weighted by molar-refractivity contribution is 5.96. The summed E-state index contributed by atoms with van der Waals surface area (Å²) in [7, 11) is 0. The van der Waals surface area contributed by atoms with Gasteiger partial charge in [0.25, 0.3) is 11.8 Å². The third-order valence-electron chi connectivity index (χ3n) is 5.29. The molecule has 0 saturated heterocycles. The average Bonchev–Trinajstić information content (AvgIpc) is 2.67. The number of alkyl halides is 3. The van der Waals surface area contributed by atoms with Gasteiger partial charge in [-0.15, -0.1) is 0 Å². The summed E-state index contributed by atoms with van der Waals surface area (Å²) in [6.07, 6.45) is -1.45. The molecule has 2 N–H and O–H groups in total. The van der Waals surface area contributed by atoms with E-state index in [1.807, 2.05) is 0 Å². The van der Waals surface area contributed by atoms with Crippen molar-refractivity contribution >= 4 is 17.8 Å². The molecule has 9 heteroatoms. The van der Waals surface area contributed by atoms with Gasteiger partial charge in [-0.2, -0.15) is 13.2 Å². The van der Waals surface area contributed by atoms with E-state index in [0.29, 0.717) is 11.8 Å². The molecular formula is C20H25F3N2O4. The molecule has 29 heavy (non-hydrogen) atoms. The van der Waals surface area contributed by atoms with Crippen LogP contribution in [0.4, 0.5) is 13.2 Å². The molecule has 160 valence electrons. The zero-order chi connectivity index (χ0) is 21.6. The molecule has 0 spiro atoms. The molecule has 0 unspecified atom stereocenters. The molecule has 2 rings (SSSR count). The van der Waals surface area contributed by atoms with Crippen LogP contribution < -0.4 is 10.6 Å². The predicted octanol–water partition coefficient (Wildman–Crippen LogP) is 2.92. The van der Waals surface area contributed by atoms with Crippen LogP contribution in [0.3, 0.4) is 0 Å². The molecule has 1 aromatic rings. The van der Waals surface area contributed by atoms with E-state index in [9.17, 15) is 27.6 Å². The quantitative estimate of drug-likeness (QED) is 0.701. The van der Waals surface area contributed by atoms with Crippen LogP contribution in [0.5, 0.6) is 0 Å². The average molecular weight is 414 g/mol. The summed E-state index contributed by atoms with van der Waals surface area (Å²) in [6, 6.07) is 3.64. The van der Waals surface area contributed by atoms with E-state index in [1.54, 1.807) is 0 Å². The normalized spacial score (nSPS) is 21.9. The van der Waals surface area contributed by atoms with Gasteiger partial charge in [0.15, 0.2) is 6.61 Å². The first-order chi connectivity index (χ1) is 13.6. The maximum Gasteiger partial charge on any atom is 0.416 e. The first kappa shape index (κ1) is 22.7. The van der Waals surface area contributed by atoms with Crippen LogP contribution in [0.15, 0.2) is 24.3 Å². The van der Waals surface area contributed by atoms with Gasteiger partial charge < -0.3 is 15.4 Å². The van der Waals surface area contributed by atoms with Crippen molar-refractivity contribution in [2.75, 3.05) is 13.2 Å². The van der Waals surface area contributed by atoms with E-state index in [2.05, 4.69) is 24.5 Å². The molecule has 1 aliphatic rings. The first-order valence-electron chi connectivity index (χ1n) is 9.48. The van der Waals surface area contributed by atoms with Gasteiger partial charge in [-0.1, -0.05) is 26.7 Å². The summed E-state index contributed by atoms with van der Waals surface area (Å²) in [5, 5.41) is 5.12. The SMILES string of the molecule is C[C@@H]1[C@@H](C)CCC[C@H]1NC(=O)COC(=O)CNC(=O)c1ccc(C(F)(F)F)cc1. The number of rotatable bonds is 6. The smallest absolute Gasteiger partial charge is 0.416 e. The largest absolute Gasteiger partial charge is 0.454 e. The summed E-state index contributed by atoms with van der Waals surface area (Å²) in [6.45, 7) is 3.27. The van der Waals surface area contributed by atoms with Gasteiger partial charge in [-0.3, -0.25) is 14.4 Å². The summed E-state index contributed by atoms with van der Waals surface area (Å²) < 4.78 is 42.4. The Labute approximate surface area is 167 Å². The van der Waals surface area contributed by atoms with Crippen molar-refractivity contribution < 1.29 is 32.3 Å². The number of esters is 1. The molecule has 0 aromatic heterocycles. The highest BCUT2D eigenvalue weighted by atomic mass is 19.4. The van der Waals surface area contributed by atoms with Gasteiger partial charge in [0.2, 0.25) is 0 Å². The molecule has 1 aliphatic carbocycles. The lowest BCUT2D eigenvalue weighted by Gasteiger charge is -2.34. The summed E-state index contributed by atoms with van der Waals surface area (Å²) >= 11 is 0. The molecule has 2 amide bonds. The number of ether oxygens (including phenoxy) is 1. The zero-order valence-corrected chi connectivity index (χ0v) is 16.3. The zero-order valence-electron chi connectivity index (χ0n) is 16.3. The second-order valence-electron chi connectivity index (χ2n) is 7.36. The second kappa shape index (κ2) is 9.76. The maximum atomic E-state index is 12.5. The standard InChI is InChI=1S/C20H25F3N2O4/c1-12-4-3-5-16(13(12)2)25-17(26)11-29-18(27)10-24-19(28)14-6-8-15(9-7-14)20(21,22)23/h6-9,12-13,16H,3-5,10-11H2,1-2H3,(H,24,28)(H,25,26)/t12-,13+,16+/m0/s1. The van der Waals surface area contributed by atoms with Crippen molar-refractivity contribution in [2.45, 2.75) is 45.3 Å². The van der Waals surface area contributed by atoms with Crippen molar-refractivity contribution in [3.63, 3.8) is 0 Å². The molecule has 0 aliphatic heterocycles. The number of benzene rings is 1. The molecule has 0 bridgehead atoms. The number of hydrogen-bond acceptors (Lipinski definition) is 4. The summed E-state index contributed by atoms with van der Waals surface area (Å²) in [4.78, 5) is 35.6. The number of carbonyl (C=O) groups is 3. The third kappa shape index (κ3) is 6.76. The number of nitrogens with one attached hydrogen (secondary N) is 2. The summed E-state index contributed by atoms with van der Waals surface area (Å²) in [5.74, 6) is -1.09. The van der Waals surface area contributed by atoms with E-state index >= 15 is 0 Å². The number of halogens is 3. The first-order valence-corrected chi connectivity index (χ1v) is 9.48. The van der Waals surface area contributed by atoms with Gasteiger partial charge in [-0.25, -0.2) is 0 Å². The van der Waals surface area contributed by atoms with Gasteiger partial charge in [0, 0.05) is 11.6 Å². The Morgan fingerprint density at radius 3 is 2.38 bits per heavy atom. The van der Waals surface area contributed by atoms with E-state index < -0.39 is 42.7 Å². The molecule has 0 heterocycles. The topological polar surface area (TPSA) is 84.5 Å². The maximum absolute atomic E-state index is 12.5. The van der Waals surface area contributed by atoms with Crippen molar-refractivity contribution in [1.29, 1.82) is 0 Å². The van der Waals surface area contributed by atoms with E-state index in [1.165, 1.54) is 0 Å². The highest BCUT2D eigenvalue weighted by Crippen LogP contribution is 2.30. The van der Waals surface area contributed by atoms with Crippen LogP contribution in [0, 0.1) is 11.8 Å². The molecular weight excluding hydrogens is 389 g/mol. The molecule has 1 saturated carbocycles. The van der Waals surface area contributed by atoms with E-state index in [-0.39, 0.29) is 11.6 Å². The second-order valence-corrected chi connectivity index (χ2v) is 7.36. The van der Waals surface area contributed by atoms with Gasteiger partial charge in [0.1, 0.15) is 6.54 Å². The fraction of sp³-hybridized carbons (Fsp3) is 0.550. The minimum absolute atomic E-state index is 0.0241. The van der Waals surface area contributed by atoms with Crippen LogP contribution >= 0.6 is 0 Å². The van der Waals surface area contributed by atoms with Crippen molar-refractivity contribution in [1.82, 2.24) is 10.6 Å². The van der Waals surface area contributed by atoms with Crippen LogP contribution in [-0.4, -0.2) is 37.0 Å². The molecule has 3 atom stereocenters. The van der Waals surface area contributed by atoms with Gasteiger partial charge >= 0.3 is 12.1 Å². The Balaban J connectivity index is 1.72. The minimum atomic E-state index is -4.49. The van der Waals surface area contributed by atoms with Crippen LogP contribution in [0.1, 0.15) is 49.0 Å². The summed E-state index contributed by atoms with van der Waals surface area (Å²) in [5.41, 5.74) is -0.898. The van der Waals surface area contributed by atoms with Crippen LogP contribution in [0.2, 0.25) is 0 Å². The number of carbonyl (C=O) groups excluding carboxylic acids is 3. The van der Waals surface area contributed by atoms with Crippen molar-refractivity contribution in [2.24, 2.45) is 11.8 Å². The molecule has 0 radical (unpaired) electrons.